The van der Waals surface area contributed by atoms with E-state index >= 15 is 0 Å². The summed E-state index contributed by atoms with van der Waals surface area (Å²) in [5.41, 5.74) is 0. The molecule has 5 nitrogen and oxygen atoms in total. The van der Waals surface area contributed by atoms with Crippen molar-refractivity contribution in [2.24, 2.45) is 5.92 Å². The zero-order chi connectivity index (χ0) is 15.8. The van der Waals surface area contributed by atoms with E-state index in [1.54, 1.807) is 0 Å². The molecule has 0 aliphatic carbocycles. The van der Waals surface area contributed by atoms with Crippen LogP contribution < -0.4 is 5.32 Å². The molecule has 21 heavy (non-hydrogen) atoms. The summed E-state index contributed by atoms with van der Waals surface area (Å²) in [4.78, 5) is 25.6. The fourth-order valence-corrected chi connectivity index (χ4v) is 2.83. The highest BCUT2D eigenvalue weighted by Crippen LogP contribution is 2.17. The highest BCUT2D eigenvalue weighted by Gasteiger charge is 2.32. The number of carbonyl (C=O) groups is 2. The van der Waals surface area contributed by atoms with Crippen LogP contribution >= 0.6 is 0 Å². The van der Waals surface area contributed by atoms with Gasteiger partial charge in [0.05, 0.1) is 13.7 Å². The molecule has 1 N–H and O–H groups in total. The lowest BCUT2D eigenvalue weighted by Gasteiger charge is -2.23. The van der Waals surface area contributed by atoms with Gasteiger partial charge in [0, 0.05) is 6.04 Å². The zero-order valence-electron chi connectivity index (χ0n) is 13.9. The van der Waals surface area contributed by atoms with Crippen molar-refractivity contribution in [1.82, 2.24) is 10.2 Å². The molecule has 5 heteroatoms. The normalized spacial score (nSPS) is 20.5. The number of hydrogen-bond donors (Lipinski definition) is 1. The van der Waals surface area contributed by atoms with Gasteiger partial charge < -0.3 is 10.1 Å². The average molecular weight is 298 g/mol. The number of hydrogen-bond acceptors (Lipinski definition) is 4. The van der Waals surface area contributed by atoms with Crippen molar-refractivity contribution in [1.29, 1.82) is 0 Å². The van der Waals surface area contributed by atoms with Crippen LogP contribution in [0.3, 0.4) is 0 Å². The predicted molar refractivity (Wildman–Crippen MR) is 82.9 cm³/mol. The average Bonchev–Trinajstić information content (AvgIpc) is 2.85. The predicted octanol–water partition coefficient (Wildman–Crippen LogP) is 1.95. The zero-order valence-corrected chi connectivity index (χ0v) is 13.9. The molecule has 1 saturated heterocycles. The largest absolute Gasteiger partial charge is 0.468 e. The van der Waals surface area contributed by atoms with Crippen LogP contribution in [0.5, 0.6) is 0 Å². The third-order valence-corrected chi connectivity index (χ3v) is 4.01. The fraction of sp³-hybridized carbons (Fsp3) is 0.875. The molecule has 0 radical (unpaired) electrons. The van der Waals surface area contributed by atoms with Crippen molar-refractivity contribution in [3.05, 3.63) is 0 Å². The van der Waals surface area contributed by atoms with Gasteiger partial charge in [-0.25, -0.2) is 0 Å². The van der Waals surface area contributed by atoms with Crippen LogP contribution in [0.2, 0.25) is 0 Å². The van der Waals surface area contributed by atoms with Crippen molar-refractivity contribution >= 4 is 11.9 Å². The molecular formula is C16H30N2O3. The van der Waals surface area contributed by atoms with E-state index in [1.165, 1.54) is 13.5 Å². The van der Waals surface area contributed by atoms with Crippen LogP contribution in [0.15, 0.2) is 0 Å². The SMILES string of the molecule is COC(=O)C1CCCN1CC(=O)NC(C)CCCC(C)C. The molecule has 0 aromatic rings. The van der Waals surface area contributed by atoms with E-state index in [4.69, 9.17) is 4.74 Å². The summed E-state index contributed by atoms with van der Waals surface area (Å²) < 4.78 is 4.79. The summed E-state index contributed by atoms with van der Waals surface area (Å²) >= 11 is 0. The van der Waals surface area contributed by atoms with Crippen molar-refractivity contribution in [3.8, 4) is 0 Å². The van der Waals surface area contributed by atoms with Gasteiger partial charge in [-0.15, -0.1) is 0 Å². The van der Waals surface area contributed by atoms with Crippen LogP contribution in [-0.4, -0.2) is 49.1 Å². The second-order valence-corrected chi connectivity index (χ2v) is 6.44. The van der Waals surface area contributed by atoms with Gasteiger partial charge >= 0.3 is 5.97 Å². The third-order valence-electron chi connectivity index (χ3n) is 4.01. The number of ether oxygens (including phenoxy) is 1. The maximum atomic E-state index is 12.1. The van der Waals surface area contributed by atoms with E-state index in [2.05, 4.69) is 19.2 Å². The number of esters is 1. The van der Waals surface area contributed by atoms with Gasteiger partial charge in [0.25, 0.3) is 0 Å². The second kappa shape index (κ2) is 9.03. The van der Waals surface area contributed by atoms with Crippen LogP contribution in [-0.2, 0) is 14.3 Å². The number of nitrogens with zero attached hydrogens (tertiary/aromatic N) is 1. The summed E-state index contributed by atoms with van der Waals surface area (Å²) in [6.07, 6.45) is 5.05. The molecule has 0 bridgehead atoms. The molecule has 1 aliphatic rings. The van der Waals surface area contributed by atoms with E-state index in [0.29, 0.717) is 5.92 Å². The van der Waals surface area contributed by atoms with Gasteiger partial charge in [0.1, 0.15) is 6.04 Å². The molecule has 0 saturated carbocycles. The summed E-state index contributed by atoms with van der Waals surface area (Å²) in [6, 6.07) is -0.0626. The van der Waals surface area contributed by atoms with Gasteiger partial charge in [0.15, 0.2) is 0 Å². The van der Waals surface area contributed by atoms with Crippen molar-refractivity contribution in [2.45, 2.75) is 65.0 Å². The molecule has 1 amide bonds. The molecule has 122 valence electrons. The van der Waals surface area contributed by atoms with Gasteiger partial charge in [-0.1, -0.05) is 26.7 Å². The molecule has 1 fully saturated rings. The summed E-state index contributed by atoms with van der Waals surface area (Å²) in [5.74, 6) is 0.478. The van der Waals surface area contributed by atoms with E-state index < -0.39 is 0 Å². The van der Waals surface area contributed by atoms with Crippen molar-refractivity contribution < 1.29 is 14.3 Å². The molecule has 2 unspecified atom stereocenters. The Bertz CT molecular complexity index is 344. The van der Waals surface area contributed by atoms with Crippen molar-refractivity contribution in [3.63, 3.8) is 0 Å². The fourth-order valence-electron chi connectivity index (χ4n) is 2.83. The lowest BCUT2D eigenvalue weighted by Crippen LogP contribution is -2.45. The number of carbonyl (C=O) groups excluding carboxylic acids is 2. The minimum absolute atomic E-state index is 0.00264. The van der Waals surface area contributed by atoms with E-state index in [9.17, 15) is 9.59 Å². The number of rotatable bonds is 8. The molecule has 0 aromatic carbocycles. The van der Waals surface area contributed by atoms with E-state index in [-0.39, 0.29) is 30.5 Å². The third kappa shape index (κ3) is 6.46. The number of methoxy groups -OCH3 is 1. The lowest BCUT2D eigenvalue weighted by atomic mass is 10.0. The Kier molecular flexibility index (Phi) is 7.72. The number of nitrogens with one attached hydrogen (secondary N) is 1. The Morgan fingerprint density at radius 2 is 2.00 bits per heavy atom. The Balaban J connectivity index is 2.30. The van der Waals surface area contributed by atoms with Crippen LogP contribution in [0.1, 0.15) is 52.9 Å². The summed E-state index contributed by atoms with van der Waals surface area (Å²) in [6.45, 7) is 7.54. The van der Waals surface area contributed by atoms with Crippen LogP contribution in [0.25, 0.3) is 0 Å². The first-order valence-electron chi connectivity index (χ1n) is 8.05. The standard InChI is InChI=1S/C16H30N2O3/c1-12(2)7-5-8-13(3)17-15(19)11-18-10-6-9-14(18)16(20)21-4/h12-14H,5-11H2,1-4H3,(H,17,19). The number of amides is 1. The lowest BCUT2D eigenvalue weighted by molar-refractivity contribution is -0.146. The van der Waals surface area contributed by atoms with E-state index in [0.717, 1.165) is 32.2 Å². The Hall–Kier alpha value is -1.10. The minimum atomic E-state index is -0.253. The first kappa shape index (κ1) is 18.0. The quantitative estimate of drug-likeness (QED) is 0.696. The topological polar surface area (TPSA) is 58.6 Å². The van der Waals surface area contributed by atoms with E-state index in [1.807, 2.05) is 11.8 Å². The Labute approximate surface area is 128 Å². The molecule has 1 heterocycles. The molecule has 1 aliphatic heterocycles. The molecule has 0 spiro atoms. The molecule has 2 atom stereocenters. The molecular weight excluding hydrogens is 268 g/mol. The van der Waals surface area contributed by atoms with Crippen molar-refractivity contribution in [2.75, 3.05) is 20.2 Å². The van der Waals surface area contributed by atoms with Gasteiger partial charge in [-0.05, 0) is 38.6 Å². The highest BCUT2D eigenvalue weighted by molar-refractivity contribution is 5.81. The minimum Gasteiger partial charge on any atom is -0.468 e. The van der Waals surface area contributed by atoms with Gasteiger partial charge in [-0.3, -0.25) is 14.5 Å². The maximum Gasteiger partial charge on any atom is 0.323 e. The van der Waals surface area contributed by atoms with Gasteiger partial charge in [0.2, 0.25) is 5.91 Å². The monoisotopic (exact) mass is 298 g/mol. The number of likely N-dealkylation sites (tertiary alicyclic amines) is 1. The second-order valence-electron chi connectivity index (χ2n) is 6.44. The van der Waals surface area contributed by atoms with Crippen LogP contribution in [0, 0.1) is 5.92 Å². The molecule has 1 rings (SSSR count). The first-order chi connectivity index (χ1) is 9.93. The summed E-state index contributed by atoms with van der Waals surface area (Å²) in [7, 11) is 1.40. The molecule has 0 aromatic heterocycles. The first-order valence-corrected chi connectivity index (χ1v) is 8.05. The smallest absolute Gasteiger partial charge is 0.323 e. The highest BCUT2D eigenvalue weighted by atomic mass is 16.5. The van der Waals surface area contributed by atoms with Crippen LogP contribution in [0.4, 0.5) is 0 Å². The summed E-state index contributed by atoms with van der Waals surface area (Å²) in [5, 5.41) is 3.03. The maximum absolute atomic E-state index is 12.1. The Morgan fingerprint density at radius 1 is 1.29 bits per heavy atom. The van der Waals surface area contributed by atoms with Gasteiger partial charge in [-0.2, -0.15) is 0 Å². The Morgan fingerprint density at radius 3 is 2.62 bits per heavy atom.